The molecule has 1 aliphatic heterocycles. The number of nitrogens with one attached hydrogen (secondary N) is 1. The van der Waals surface area contributed by atoms with Crippen LogP contribution in [0.5, 0.6) is 0 Å². The smallest absolute Gasteiger partial charge is 0.251 e. The first-order chi connectivity index (χ1) is 17.5. The van der Waals surface area contributed by atoms with Crippen molar-refractivity contribution >= 4 is 16.8 Å². The van der Waals surface area contributed by atoms with E-state index in [-0.39, 0.29) is 11.1 Å². The summed E-state index contributed by atoms with van der Waals surface area (Å²) in [6.07, 6.45) is 3.34. The predicted molar refractivity (Wildman–Crippen MR) is 144 cm³/mol. The van der Waals surface area contributed by atoms with Crippen LogP contribution in [0.15, 0.2) is 59.4 Å². The van der Waals surface area contributed by atoms with Crippen LogP contribution in [0.3, 0.4) is 0 Å². The number of carbonyl (C=O) groups excluding carboxylic acids is 1. The van der Waals surface area contributed by atoms with Gasteiger partial charge in [0.05, 0.1) is 17.7 Å². The number of carbonyl (C=O) groups is 1. The molecule has 2 heterocycles. The fraction of sp³-hybridized carbons (Fsp3) is 0.448. The minimum atomic E-state index is -0.587. The quantitative estimate of drug-likeness (QED) is 0.430. The molecule has 1 atom stereocenters. The molecule has 192 valence electrons. The minimum absolute atomic E-state index is 0.199. The number of pyridine rings is 1. The third-order valence-electron chi connectivity index (χ3n) is 7.36. The number of piperidine rings is 1. The average Bonchev–Trinajstić information content (AvgIpc) is 2.89. The summed E-state index contributed by atoms with van der Waals surface area (Å²) in [4.78, 5) is 27.3. The van der Waals surface area contributed by atoms with E-state index >= 15 is 0 Å². The average molecular weight is 491 g/mol. The third-order valence-corrected chi connectivity index (χ3v) is 7.36. The van der Waals surface area contributed by atoms with Crippen molar-refractivity contribution in [3.05, 3.63) is 81.6 Å². The molecule has 2 aromatic carbocycles. The number of primary amides is 1. The molecule has 1 aliphatic rings. The highest BCUT2D eigenvalue weighted by Crippen LogP contribution is 2.21. The van der Waals surface area contributed by atoms with Crippen molar-refractivity contribution in [2.75, 3.05) is 33.3 Å². The maximum absolute atomic E-state index is 12.9. The summed E-state index contributed by atoms with van der Waals surface area (Å²) in [5.74, 6) is -0.0336. The SMILES string of the molecule is COCc1ccc2c(C(N)=O)cc(=O)n(CCN3CCC(NCCC(C)c4ccccc4)CC3)c2c1. The number of benzene rings is 2. The summed E-state index contributed by atoms with van der Waals surface area (Å²) in [6.45, 7) is 7.13. The van der Waals surface area contributed by atoms with Crippen LogP contribution in [0.2, 0.25) is 0 Å². The van der Waals surface area contributed by atoms with Gasteiger partial charge in [0.15, 0.2) is 0 Å². The van der Waals surface area contributed by atoms with E-state index in [0.717, 1.165) is 56.5 Å². The summed E-state index contributed by atoms with van der Waals surface area (Å²) >= 11 is 0. The number of hydrogen-bond donors (Lipinski definition) is 2. The third kappa shape index (κ3) is 6.40. The first-order valence-corrected chi connectivity index (χ1v) is 12.9. The molecule has 0 saturated carbocycles. The molecular weight excluding hydrogens is 452 g/mol. The summed E-state index contributed by atoms with van der Waals surface area (Å²) < 4.78 is 7.02. The number of ether oxygens (including phenoxy) is 1. The Morgan fingerprint density at radius 1 is 1.11 bits per heavy atom. The molecule has 1 saturated heterocycles. The molecule has 1 amide bonds. The van der Waals surface area contributed by atoms with Crippen LogP contribution in [0.1, 0.15) is 53.6 Å². The van der Waals surface area contributed by atoms with Crippen molar-refractivity contribution in [1.82, 2.24) is 14.8 Å². The lowest BCUT2D eigenvalue weighted by molar-refractivity contribution is 0.100. The number of nitrogens with two attached hydrogens (primary N) is 1. The Hall–Kier alpha value is -3.00. The van der Waals surface area contributed by atoms with Crippen LogP contribution in [-0.2, 0) is 17.9 Å². The number of likely N-dealkylation sites (tertiary alicyclic amines) is 1. The number of rotatable bonds is 11. The Bertz CT molecular complexity index is 1220. The van der Waals surface area contributed by atoms with Gasteiger partial charge in [-0.15, -0.1) is 0 Å². The lowest BCUT2D eigenvalue weighted by Gasteiger charge is -2.33. The summed E-state index contributed by atoms with van der Waals surface area (Å²) in [5.41, 5.74) is 8.70. The van der Waals surface area contributed by atoms with E-state index in [0.29, 0.717) is 30.5 Å². The maximum atomic E-state index is 12.9. The van der Waals surface area contributed by atoms with Gasteiger partial charge in [0.1, 0.15) is 0 Å². The van der Waals surface area contributed by atoms with Crippen molar-refractivity contribution in [3.8, 4) is 0 Å². The summed E-state index contributed by atoms with van der Waals surface area (Å²) in [7, 11) is 1.64. The van der Waals surface area contributed by atoms with Crippen LogP contribution in [0, 0.1) is 0 Å². The molecule has 0 aliphatic carbocycles. The van der Waals surface area contributed by atoms with Gasteiger partial charge in [-0.1, -0.05) is 49.4 Å². The Morgan fingerprint density at radius 3 is 2.56 bits per heavy atom. The minimum Gasteiger partial charge on any atom is -0.380 e. The van der Waals surface area contributed by atoms with Gasteiger partial charge < -0.3 is 25.3 Å². The Morgan fingerprint density at radius 2 is 1.86 bits per heavy atom. The highest BCUT2D eigenvalue weighted by atomic mass is 16.5. The van der Waals surface area contributed by atoms with Crippen molar-refractivity contribution in [2.24, 2.45) is 5.73 Å². The molecular formula is C29H38N4O3. The number of methoxy groups -OCH3 is 1. The van der Waals surface area contributed by atoms with E-state index in [1.807, 2.05) is 18.2 Å². The van der Waals surface area contributed by atoms with Gasteiger partial charge in [0.25, 0.3) is 5.56 Å². The number of amides is 1. The summed E-state index contributed by atoms with van der Waals surface area (Å²) in [5, 5.41) is 4.45. The van der Waals surface area contributed by atoms with Crippen LogP contribution in [-0.4, -0.2) is 54.7 Å². The van der Waals surface area contributed by atoms with Crippen LogP contribution < -0.4 is 16.6 Å². The van der Waals surface area contributed by atoms with Crippen molar-refractivity contribution in [2.45, 2.75) is 51.3 Å². The topological polar surface area (TPSA) is 89.6 Å². The second kappa shape index (κ2) is 12.3. The van der Waals surface area contributed by atoms with Crippen LogP contribution in [0.25, 0.3) is 10.9 Å². The standard InChI is InChI=1S/C29H38N4O3/c1-21(23-6-4-3-5-7-23)10-13-31-24-11-14-32(15-12-24)16-17-33-27-18-22(20-36-2)8-9-25(27)26(29(30)35)19-28(33)34/h3-9,18-19,21,24,31H,10-17,20H2,1-2H3,(H2,30,35). The fourth-order valence-electron chi connectivity index (χ4n) is 5.17. The molecule has 3 aromatic rings. The van der Waals surface area contributed by atoms with E-state index < -0.39 is 5.91 Å². The Kier molecular flexibility index (Phi) is 8.91. The van der Waals surface area contributed by atoms with E-state index in [1.165, 1.54) is 11.6 Å². The number of nitrogens with zero attached hydrogens (tertiary/aromatic N) is 2. The molecule has 0 spiro atoms. The van der Waals surface area contributed by atoms with Gasteiger partial charge in [-0.25, -0.2) is 0 Å². The molecule has 7 nitrogen and oxygen atoms in total. The molecule has 3 N–H and O–H groups in total. The van der Waals surface area contributed by atoms with Crippen molar-refractivity contribution < 1.29 is 9.53 Å². The second-order valence-electron chi connectivity index (χ2n) is 9.87. The highest BCUT2D eigenvalue weighted by Gasteiger charge is 2.20. The van der Waals surface area contributed by atoms with Gasteiger partial charge in [-0.05, 0) is 62.0 Å². The normalized spacial score (nSPS) is 15.8. The van der Waals surface area contributed by atoms with E-state index in [1.54, 1.807) is 11.7 Å². The summed E-state index contributed by atoms with van der Waals surface area (Å²) in [6, 6.07) is 18.3. The van der Waals surface area contributed by atoms with Crippen LogP contribution in [0.4, 0.5) is 0 Å². The first kappa shape index (κ1) is 26.1. The van der Waals surface area contributed by atoms with Gasteiger partial charge in [0.2, 0.25) is 5.91 Å². The molecule has 36 heavy (non-hydrogen) atoms. The van der Waals surface area contributed by atoms with Gasteiger partial charge in [0, 0.05) is 37.7 Å². The predicted octanol–water partition coefficient (Wildman–Crippen LogP) is 3.49. The van der Waals surface area contributed by atoms with Gasteiger partial charge in [-0.3, -0.25) is 9.59 Å². The van der Waals surface area contributed by atoms with Gasteiger partial charge >= 0.3 is 0 Å². The molecule has 4 rings (SSSR count). The molecule has 7 heteroatoms. The maximum Gasteiger partial charge on any atom is 0.251 e. The van der Waals surface area contributed by atoms with E-state index in [9.17, 15) is 9.59 Å². The highest BCUT2D eigenvalue weighted by molar-refractivity contribution is 6.05. The molecule has 1 unspecified atom stereocenters. The van der Waals surface area contributed by atoms with E-state index in [4.69, 9.17) is 10.5 Å². The number of hydrogen-bond acceptors (Lipinski definition) is 5. The Labute approximate surface area is 213 Å². The lowest BCUT2D eigenvalue weighted by Crippen LogP contribution is -2.44. The zero-order chi connectivity index (χ0) is 25.5. The largest absolute Gasteiger partial charge is 0.380 e. The molecule has 1 fully saturated rings. The van der Waals surface area contributed by atoms with Gasteiger partial charge in [-0.2, -0.15) is 0 Å². The monoisotopic (exact) mass is 490 g/mol. The zero-order valence-corrected chi connectivity index (χ0v) is 21.4. The fourth-order valence-corrected chi connectivity index (χ4v) is 5.17. The number of aromatic nitrogens is 1. The molecule has 0 radical (unpaired) electrons. The molecule has 1 aromatic heterocycles. The number of fused-ring (bicyclic) bond motifs is 1. The van der Waals surface area contributed by atoms with Crippen LogP contribution >= 0.6 is 0 Å². The van der Waals surface area contributed by atoms with Crippen molar-refractivity contribution in [1.29, 1.82) is 0 Å². The first-order valence-electron chi connectivity index (χ1n) is 12.9. The van der Waals surface area contributed by atoms with E-state index in [2.05, 4.69) is 47.5 Å². The molecule has 0 bridgehead atoms. The zero-order valence-electron chi connectivity index (χ0n) is 21.4. The van der Waals surface area contributed by atoms with Crippen molar-refractivity contribution in [3.63, 3.8) is 0 Å². The lowest BCUT2D eigenvalue weighted by atomic mass is 9.97. The second-order valence-corrected chi connectivity index (χ2v) is 9.87. The Balaban J connectivity index is 1.32.